The van der Waals surface area contributed by atoms with Crippen molar-refractivity contribution in [2.45, 2.75) is 82.3 Å². The van der Waals surface area contributed by atoms with E-state index >= 15 is 0 Å². The Morgan fingerprint density at radius 2 is 1.68 bits per heavy atom. The average molecular weight is 430 g/mol. The number of carbonyl (C=O) groups excluding carboxylic acids is 1. The number of carbonyl (C=O) groups is 1. The number of piperazine rings is 1. The van der Waals surface area contributed by atoms with Crippen molar-refractivity contribution in [1.82, 2.24) is 15.1 Å². The molecule has 1 amide bonds. The van der Waals surface area contributed by atoms with Gasteiger partial charge < -0.3 is 20.1 Å². The first-order chi connectivity index (χ1) is 15.2. The van der Waals surface area contributed by atoms with Gasteiger partial charge in [-0.05, 0) is 37.7 Å². The Morgan fingerprint density at radius 3 is 2.42 bits per heavy atom. The van der Waals surface area contributed by atoms with Crippen LogP contribution in [-0.2, 0) is 16.1 Å². The van der Waals surface area contributed by atoms with Crippen LogP contribution in [0.5, 0.6) is 0 Å². The summed E-state index contributed by atoms with van der Waals surface area (Å²) in [5.74, 6) is -0.112. The van der Waals surface area contributed by atoms with Gasteiger partial charge in [0.05, 0.1) is 12.2 Å². The molecule has 0 bridgehead atoms. The van der Waals surface area contributed by atoms with Crippen molar-refractivity contribution in [2.24, 2.45) is 0 Å². The molecular formula is C25H39N3O3. The lowest BCUT2D eigenvalue weighted by molar-refractivity contribution is -0.159. The molecule has 172 valence electrons. The second kappa shape index (κ2) is 11.4. The van der Waals surface area contributed by atoms with Crippen molar-refractivity contribution in [3.8, 4) is 0 Å². The SMILES string of the molecule is O=C(NC1CCCCC1)[C@H]1O[C@@H](CCN2CCN(Cc3ccccc3)CC2)CC[C@@H]1O. The Morgan fingerprint density at radius 1 is 0.968 bits per heavy atom. The number of aliphatic hydroxyl groups excluding tert-OH is 1. The molecule has 4 rings (SSSR count). The van der Waals surface area contributed by atoms with E-state index in [1.54, 1.807) is 0 Å². The van der Waals surface area contributed by atoms with E-state index < -0.39 is 12.2 Å². The molecule has 3 fully saturated rings. The molecule has 6 heteroatoms. The number of benzene rings is 1. The Bertz CT molecular complexity index is 672. The van der Waals surface area contributed by atoms with Crippen molar-refractivity contribution in [2.75, 3.05) is 32.7 Å². The predicted octanol–water partition coefficient (Wildman–Crippen LogP) is 2.55. The summed E-state index contributed by atoms with van der Waals surface area (Å²) >= 11 is 0. The Kier molecular flexibility index (Phi) is 8.36. The number of hydrogen-bond acceptors (Lipinski definition) is 5. The fourth-order valence-electron chi connectivity index (χ4n) is 5.19. The van der Waals surface area contributed by atoms with Gasteiger partial charge in [-0.2, -0.15) is 0 Å². The topological polar surface area (TPSA) is 65.0 Å². The van der Waals surface area contributed by atoms with Crippen molar-refractivity contribution in [1.29, 1.82) is 0 Å². The summed E-state index contributed by atoms with van der Waals surface area (Å²) in [6.45, 7) is 6.35. The molecule has 2 saturated heterocycles. The molecular weight excluding hydrogens is 390 g/mol. The number of ether oxygens (including phenoxy) is 1. The molecule has 2 aliphatic heterocycles. The van der Waals surface area contributed by atoms with Gasteiger partial charge in [0.15, 0.2) is 6.10 Å². The van der Waals surface area contributed by atoms with E-state index in [4.69, 9.17) is 4.74 Å². The Labute approximate surface area is 186 Å². The van der Waals surface area contributed by atoms with E-state index in [0.29, 0.717) is 6.42 Å². The Hall–Kier alpha value is -1.47. The number of aliphatic hydroxyl groups is 1. The number of nitrogens with one attached hydrogen (secondary N) is 1. The van der Waals surface area contributed by atoms with E-state index in [1.165, 1.54) is 24.8 Å². The van der Waals surface area contributed by atoms with Gasteiger partial charge in [0.1, 0.15) is 0 Å². The second-order valence-electron chi connectivity index (χ2n) is 9.56. The van der Waals surface area contributed by atoms with Crippen LogP contribution in [0.1, 0.15) is 56.9 Å². The van der Waals surface area contributed by atoms with Crippen LogP contribution in [0.4, 0.5) is 0 Å². The van der Waals surface area contributed by atoms with E-state index in [1.807, 2.05) is 0 Å². The normalized spacial score (nSPS) is 29.0. The minimum Gasteiger partial charge on any atom is -0.390 e. The van der Waals surface area contributed by atoms with Crippen LogP contribution in [0.25, 0.3) is 0 Å². The minimum absolute atomic E-state index is 0.0628. The predicted molar refractivity (Wildman–Crippen MR) is 122 cm³/mol. The standard InChI is InChI=1S/C25H39N3O3/c29-23-12-11-22(31-24(23)25(30)26-21-9-5-2-6-10-21)13-14-27-15-17-28(18-16-27)19-20-7-3-1-4-8-20/h1,3-4,7-8,21-24,29H,2,5-6,9-19H2,(H,26,30)/t22-,23+,24+/m1/s1. The molecule has 1 aromatic carbocycles. The fraction of sp³-hybridized carbons (Fsp3) is 0.720. The molecule has 3 aliphatic rings. The summed E-state index contributed by atoms with van der Waals surface area (Å²) in [4.78, 5) is 17.7. The number of nitrogens with zero attached hydrogens (tertiary/aromatic N) is 2. The highest BCUT2D eigenvalue weighted by Gasteiger charge is 2.36. The lowest BCUT2D eigenvalue weighted by Gasteiger charge is -2.37. The maximum atomic E-state index is 12.7. The third-order valence-corrected chi connectivity index (χ3v) is 7.16. The van der Waals surface area contributed by atoms with Crippen LogP contribution in [0.2, 0.25) is 0 Å². The maximum Gasteiger partial charge on any atom is 0.252 e. The van der Waals surface area contributed by atoms with Gasteiger partial charge in [-0.1, -0.05) is 49.6 Å². The van der Waals surface area contributed by atoms with Gasteiger partial charge >= 0.3 is 0 Å². The van der Waals surface area contributed by atoms with E-state index in [9.17, 15) is 9.90 Å². The fourth-order valence-corrected chi connectivity index (χ4v) is 5.19. The molecule has 0 radical (unpaired) electrons. The van der Waals surface area contributed by atoms with Crippen molar-refractivity contribution in [3.05, 3.63) is 35.9 Å². The molecule has 0 unspecified atom stereocenters. The molecule has 2 heterocycles. The third-order valence-electron chi connectivity index (χ3n) is 7.16. The summed E-state index contributed by atoms with van der Waals surface area (Å²) in [6, 6.07) is 10.9. The highest BCUT2D eigenvalue weighted by atomic mass is 16.5. The maximum absolute atomic E-state index is 12.7. The molecule has 0 aromatic heterocycles. The summed E-state index contributed by atoms with van der Waals surface area (Å²) in [5, 5.41) is 13.5. The van der Waals surface area contributed by atoms with Gasteiger partial charge in [-0.15, -0.1) is 0 Å². The molecule has 31 heavy (non-hydrogen) atoms. The van der Waals surface area contributed by atoms with E-state index in [0.717, 1.165) is 65.0 Å². The van der Waals surface area contributed by atoms with Gasteiger partial charge in [0, 0.05) is 45.3 Å². The van der Waals surface area contributed by atoms with E-state index in [2.05, 4.69) is 45.4 Å². The summed E-state index contributed by atoms with van der Waals surface area (Å²) in [6.07, 6.45) is 6.82. The van der Waals surface area contributed by atoms with Crippen LogP contribution in [0.3, 0.4) is 0 Å². The van der Waals surface area contributed by atoms with Crippen LogP contribution in [0.15, 0.2) is 30.3 Å². The first kappa shape index (κ1) is 22.7. The molecule has 3 atom stereocenters. The number of rotatable bonds is 7. The molecule has 0 spiro atoms. The molecule has 1 aliphatic carbocycles. The van der Waals surface area contributed by atoms with Crippen molar-refractivity contribution >= 4 is 5.91 Å². The number of hydrogen-bond donors (Lipinski definition) is 2. The van der Waals surface area contributed by atoms with Crippen LogP contribution >= 0.6 is 0 Å². The van der Waals surface area contributed by atoms with Gasteiger partial charge in [-0.25, -0.2) is 0 Å². The first-order valence-corrected chi connectivity index (χ1v) is 12.3. The molecule has 6 nitrogen and oxygen atoms in total. The van der Waals surface area contributed by atoms with Crippen LogP contribution in [0, 0.1) is 0 Å². The van der Waals surface area contributed by atoms with Gasteiger partial charge in [0.2, 0.25) is 0 Å². The summed E-state index contributed by atoms with van der Waals surface area (Å²) in [7, 11) is 0. The van der Waals surface area contributed by atoms with E-state index in [-0.39, 0.29) is 18.1 Å². The quantitative estimate of drug-likeness (QED) is 0.697. The minimum atomic E-state index is -0.705. The highest BCUT2D eigenvalue weighted by Crippen LogP contribution is 2.24. The smallest absolute Gasteiger partial charge is 0.252 e. The summed E-state index contributed by atoms with van der Waals surface area (Å²) in [5.41, 5.74) is 1.38. The van der Waals surface area contributed by atoms with Crippen molar-refractivity contribution in [3.63, 3.8) is 0 Å². The second-order valence-corrected chi connectivity index (χ2v) is 9.56. The van der Waals surface area contributed by atoms with Crippen LogP contribution < -0.4 is 5.32 Å². The van der Waals surface area contributed by atoms with Gasteiger partial charge in [-0.3, -0.25) is 9.69 Å². The first-order valence-electron chi connectivity index (χ1n) is 12.3. The third kappa shape index (κ3) is 6.75. The lowest BCUT2D eigenvalue weighted by atomic mass is 9.94. The lowest BCUT2D eigenvalue weighted by Crippen LogP contribution is -2.52. The zero-order valence-corrected chi connectivity index (χ0v) is 18.8. The zero-order valence-electron chi connectivity index (χ0n) is 18.8. The average Bonchev–Trinajstić information content (AvgIpc) is 2.81. The highest BCUT2D eigenvalue weighted by molar-refractivity contribution is 5.81. The number of amides is 1. The molecule has 1 aromatic rings. The Balaban J connectivity index is 1.17. The zero-order chi connectivity index (χ0) is 21.5. The largest absolute Gasteiger partial charge is 0.390 e. The molecule has 1 saturated carbocycles. The van der Waals surface area contributed by atoms with Crippen molar-refractivity contribution < 1.29 is 14.6 Å². The van der Waals surface area contributed by atoms with Gasteiger partial charge in [0.25, 0.3) is 5.91 Å². The summed E-state index contributed by atoms with van der Waals surface area (Å²) < 4.78 is 6.09. The van der Waals surface area contributed by atoms with Crippen LogP contribution in [-0.4, -0.2) is 77.9 Å². The molecule has 2 N–H and O–H groups in total. The monoisotopic (exact) mass is 429 g/mol.